The Kier molecular flexibility index (Phi) is 3.49. The molecule has 0 saturated carbocycles. The van der Waals surface area contributed by atoms with Gasteiger partial charge in [0.25, 0.3) is 0 Å². The van der Waals surface area contributed by atoms with Gasteiger partial charge in [0.05, 0.1) is 6.26 Å². The third-order valence-corrected chi connectivity index (χ3v) is 2.58. The lowest BCUT2D eigenvalue weighted by atomic mass is 10.2. The molecular weight excluding hydrogens is 226 g/mol. The van der Waals surface area contributed by atoms with Crippen LogP contribution in [0.2, 0.25) is 5.02 Å². The maximum absolute atomic E-state index is 6.01. The zero-order chi connectivity index (χ0) is 11.4. The highest BCUT2D eigenvalue weighted by atomic mass is 35.5. The Labute approximate surface area is 98.8 Å². The molecule has 2 rings (SSSR count). The number of ether oxygens (including phenoxy) is 1. The summed E-state index contributed by atoms with van der Waals surface area (Å²) >= 11 is 6.01. The van der Waals surface area contributed by atoms with E-state index in [1.54, 1.807) is 12.3 Å². The van der Waals surface area contributed by atoms with Crippen LogP contribution in [0.15, 0.2) is 41.0 Å². The van der Waals surface area contributed by atoms with Crippen LogP contribution in [0.1, 0.15) is 11.3 Å². The van der Waals surface area contributed by atoms with E-state index in [-0.39, 0.29) is 0 Å². The van der Waals surface area contributed by atoms with E-state index in [0.717, 1.165) is 11.3 Å². The number of rotatable bonds is 4. The fourth-order valence-corrected chi connectivity index (χ4v) is 1.66. The summed E-state index contributed by atoms with van der Waals surface area (Å²) in [6.45, 7) is 0.730. The molecular formula is C12H12ClNO2. The Bertz CT molecular complexity index is 454. The van der Waals surface area contributed by atoms with Gasteiger partial charge in [0.15, 0.2) is 0 Å². The van der Waals surface area contributed by atoms with Crippen molar-refractivity contribution in [3.05, 3.63) is 52.9 Å². The highest BCUT2D eigenvalue weighted by Crippen LogP contribution is 2.26. The van der Waals surface area contributed by atoms with Gasteiger partial charge in [0, 0.05) is 17.1 Å². The van der Waals surface area contributed by atoms with Crippen LogP contribution >= 0.6 is 11.6 Å². The summed E-state index contributed by atoms with van der Waals surface area (Å²) in [5, 5.41) is 0.624. The lowest BCUT2D eigenvalue weighted by molar-refractivity contribution is 0.268. The van der Waals surface area contributed by atoms with Crippen molar-refractivity contribution in [3.8, 4) is 5.75 Å². The predicted molar refractivity (Wildman–Crippen MR) is 62.4 cm³/mol. The lowest BCUT2D eigenvalue weighted by Gasteiger charge is -2.10. The van der Waals surface area contributed by atoms with Crippen LogP contribution in [-0.4, -0.2) is 0 Å². The number of benzene rings is 1. The topological polar surface area (TPSA) is 48.4 Å². The Morgan fingerprint density at radius 1 is 1.25 bits per heavy atom. The monoisotopic (exact) mass is 237 g/mol. The molecule has 0 bridgehead atoms. The molecule has 84 valence electrons. The molecule has 2 aromatic rings. The molecule has 0 aliphatic rings. The first-order valence-corrected chi connectivity index (χ1v) is 5.31. The Morgan fingerprint density at radius 2 is 2.12 bits per heavy atom. The average molecular weight is 238 g/mol. The summed E-state index contributed by atoms with van der Waals surface area (Å²) in [5.74, 6) is 1.47. The van der Waals surface area contributed by atoms with Gasteiger partial charge in [-0.15, -0.1) is 0 Å². The molecule has 0 aliphatic carbocycles. The highest BCUT2D eigenvalue weighted by Gasteiger charge is 2.07. The molecule has 0 fully saturated rings. The largest absolute Gasteiger partial charge is 0.485 e. The molecule has 16 heavy (non-hydrogen) atoms. The quantitative estimate of drug-likeness (QED) is 0.889. The SMILES string of the molecule is NCc1c(Cl)cccc1OCc1ccco1. The number of nitrogens with two attached hydrogens (primary N) is 1. The van der Waals surface area contributed by atoms with Gasteiger partial charge >= 0.3 is 0 Å². The first-order chi connectivity index (χ1) is 7.81. The number of halogens is 1. The van der Waals surface area contributed by atoms with Crippen LogP contribution in [0.25, 0.3) is 0 Å². The molecule has 0 unspecified atom stereocenters. The molecule has 3 nitrogen and oxygen atoms in total. The summed E-state index contributed by atoms with van der Waals surface area (Å²) < 4.78 is 10.8. The second kappa shape index (κ2) is 5.05. The molecule has 0 atom stereocenters. The van der Waals surface area contributed by atoms with Crippen molar-refractivity contribution in [2.45, 2.75) is 13.2 Å². The Balaban J connectivity index is 2.12. The van der Waals surface area contributed by atoms with Gasteiger partial charge in [0.1, 0.15) is 18.1 Å². The molecule has 0 aliphatic heterocycles. The molecule has 0 spiro atoms. The highest BCUT2D eigenvalue weighted by molar-refractivity contribution is 6.31. The van der Waals surface area contributed by atoms with E-state index < -0.39 is 0 Å². The molecule has 0 saturated heterocycles. The van der Waals surface area contributed by atoms with Gasteiger partial charge in [-0.2, -0.15) is 0 Å². The van der Waals surface area contributed by atoms with Gasteiger partial charge in [-0.3, -0.25) is 0 Å². The van der Waals surface area contributed by atoms with E-state index in [0.29, 0.717) is 23.9 Å². The van der Waals surface area contributed by atoms with Gasteiger partial charge in [-0.05, 0) is 24.3 Å². The van der Waals surface area contributed by atoms with E-state index >= 15 is 0 Å². The number of furan rings is 1. The van der Waals surface area contributed by atoms with Gasteiger partial charge in [-0.25, -0.2) is 0 Å². The molecule has 0 amide bonds. The van der Waals surface area contributed by atoms with Crippen LogP contribution in [0.5, 0.6) is 5.75 Å². The number of hydrogen-bond acceptors (Lipinski definition) is 3. The number of hydrogen-bond donors (Lipinski definition) is 1. The molecule has 1 aromatic carbocycles. The first-order valence-electron chi connectivity index (χ1n) is 4.94. The second-order valence-corrected chi connectivity index (χ2v) is 3.70. The summed E-state index contributed by atoms with van der Waals surface area (Å²) in [5.41, 5.74) is 6.43. The third kappa shape index (κ3) is 2.38. The molecule has 2 N–H and O–H groups in total. The van der Waals surface area contributed by atoms with Crippen molar-refractivity contribution in [2.24, 2.45) is 5.73 Å². The summed E-state index contributed by atoms with van der Waals surface area (Å²) in [7, 11) is 0. The Hall–Kier alpha value is -1.45. The van der Waals surface area contributed by atoms with Crippen LogP contribution in [0.4, 0.5) is 0 Å². The standard InChI is InChI=1S/C12H12ClNO2/c13-11-4-1-5-12(10(11)7-14)16-8-9-3-2-6-15-9/h1-6H,7-8,14H2. The zero-order valence-electron chi connectivity index (χ0n) is 8.65. The maximum atomic E-state index is 6.01. The van der Waals surface area contributed by atoms with Crippen LogP contribution in [0, 0.1) is 0 Å². The molecule has 1 aromatic heterocycles. The van der Waals surface area contributed by atoms with Crippen LogP contribution in [-0.2, 0) is 13.2 Å². The van der Waals surface area contributed by atoms with Crippen LogP contribution in [0.3, 0.4) is 0 Å². The van der Waals surface area contributed by atoms with Crippen molar-refractivity contribution in [3.63, 3.8) is 0 Å². The summed E-state index contributed by atoms with van der Waals surface area (Å²) in [6.07, 6.45) is 1.61. The minimum absolute atomic E-state index is 0.354. The van der Waals surface area contributed by atoms with E-state index in [4.69, 9.17) is 26.5 Å². The van der Waals surface area contributed by atoms with Crippen molar-refractivity contribution in [2.75, 3.05) is 0 Å². The average Bonchev–Trinajstić information content (AvgIpc) is 2.79. The normalized spacial score (nSPS) is 10.4. The van der Waals surface area contributed by atoms with E-state index in [2.05, 4.69) is 0 Å². The summed E-state index contributed by atoms with van der Waals surface area (Å²) in [4.78, 5) is 0. The van der Waals surface area contributed by atoms with Crippen LogP contribution < -0.4 is 10.5 Å². The van der Waals surface area contributed by atoms with E-state index in [1.165, 1.54) is 0 Å². The van der Waals surface area contributed by atoms with Gasteiger partial charge in [0.2, 0.25) is 0 Å². The smallest absolute Gasteiger partial charge is 0.146 e. The molecule has 4 heteroatoms. The zero-order valence-corrected chi connectivity index (χ0v) is 9.41. The summed E-state index contributed by atoms with van der Waals surface area (Å²) in [6, 6.07) is 9.15. The minimum Gasteiger partial charge on any atom is -0.485 e. The maximum Gasteiger partial charge on any atom is 0.146 e. The second-order valence-electron chi connectivity index (χ2n) is 3.29. The van der Waals surface area contributed by atoms with Crippen molar-refractivity contribution in [1.29, 1.82) is 0 Å². The lowest BCUT2D eigenvalue weighted by Crippen LogP contribution is -2.03. The fraction of sp³-hybridized carbons (Fsp3) is 0.167. The van der Waals surface area contributed by atoms with Gasteiger partial charge in [-0.1, -0.05) is 17.7 Å². The fourth-order valence-electron chi connectivity index (χ4n) is 1.42. The molecule has 0 radical (unpaired) electrons. The Morgan fingerprint density at radius 3 is 2.81 bits per heavy atom. The first kappa shape index (κ1) is 11.0. The van der Waals surface area contributed by atoms with Crippen molar-refractivity contribution < 1.29 is 9.15 Å². The third-order valence-electron chi connectivity index (χ3n) is 2.23. The van der Waals surface area contributed by atoms with E-state index in [9.17, 15) is 0 Å². The van der Waals surface area contributed by atoms with E-state index in [1.807, 2.05) is 24.3 Å². The minimum atomic E-state index is 0.354. The predicted octanol–water partition coefficient (Wildman–Crippen LogP) is 2.97. The van der Waals surface area contributed by atoms with Gasteiger partial charge < -0.3 is 14.9 Å². The van der Waals surface area contributed by atoms with Crippen molar-refractivity contribution >= 4 is 11.6 Å². The van der Waals surface area contributed by atoms with Crippen molar-refractivity contribution in [1.82, 2.24) is 0 Å². The molecule has 1 heterocycles.